The molecule has 9 heteroatoms. The van der Waals surface area contributed by atoms with E-state index in [0.717, 1.165) is 26.5 Å². The van der Waals surface area contributed by atoms with Crippen LogP contribution in [0.15, 0.2) is 47.4 Å². The molecule has 0 saturated carbocycles. The Kier molecular flexibility index (Phi) is 5.45. The van der Waals surface area contributed by atoms with Gasteiger partial charge < -0.3 is 4.98 Å². The quantitative estimate of drug-likeness (QED) is 0.568. The number of amides is 2. The lowest BCUT2D eigenvalue weighted by atomic mass is 10.1. The smallest absolute Gasteiger partial charge is 0.269 e. The molecule has 0 radical (unpaired) electrons. The van der Waals surface area contributed by atoms with Crippen LogP contribution in [0.4, 0.5) is 0 Å². The van der Waals surface area contributed by atoms with Crippen molar-refractivity contribution in [3.05, 3.63) is 64.8 Å². The average molecular weight is 414 g/mol. The molecule has 3 aromatic rings. The third-order valence-corrected chi connectivity index (χ3v) is 6.55. The molecule has 2 aromatic carbocycles. The Balaban J connectivity index is 1.74. The van der Waals surface area contributed by atoms with Gasteiger partial charge in [0.15, 0.2) is 0 Å². The van der Waals surface area contributed by atoms with Gasteiger partial charge in [0.2, 0.25) is 10.0 Å². The Labute approximate surface area is 168 Å². The number of hydrogen-bond acceptors (Lipinski definition) is 4. The zero-order valence-electron chi connectivity index (χ0n) is 16.5. The first-order valence-corrected chi connectivity index (χ1v) is 10.3. The highest BCUT2D eigenvalue weighted by atomic mass is 32.2. The molecule has 0 saturated heterocycles. The monoisotopic (exact) mass is 414 g/mol. The van der Waals surface area contributed by atoms with E-state index in [9.17, 15) is 18.0 Å². The lowest BCUT2D eigenvalue weighted by Crippen LogP contribution is -2.41. The summed E-state index contributed by atoms with van der Waals surface area (Å²) < 4.78 is 25.5. The molecule has 29 heavy (non-hydrogen) atoms. The number of hydrogen-bond donors (Lipinski definition) is 3. The summed E-state index contributed by atoms with van der Waals surface area (Å²) in [6.45, 7) is 3.92. The molecule has 0 aliphatic heterocycles. The van der Waals surface area contributed by atoms with E-state index in [2.05, 4.69) is 15.8 Å². The van der Waals surface area contributed by atoms with E-state index < -0.39 is 21.8 Å². The van der Waals surface area contributed by atoms with E-state index >= 15 is 0 Å². The van der Waals surface area contributed by atoms with Gasteiger partial charge in [-0.25, -0.2) is 12.7 Å². The van der Waals surface area contributed by atoms with Crippen molar-refractivity contribution < 1.29 is 18.0 Å². The van der Waals surface area contributed by atoms with Gasteiger partial charge in [0.25, 0.3) is 11.8 Å². The van der Waals surface area contributed by atoms with Gasteiger partial charge in [-0.1, -0.05) is 6.07 Å². The van der Waals surface area contributed by atoms with E-state index in [1.807, 2.05) is 19.9 Å². The second-order valence-electron chi connectivity index (χ2n) is 6.86. The topological polar surface area (TPSA) is 111 Å². The highest BCUT2D eigenvalue weighted by Gasteiger charge is 2.19. The van der Waals surface area contributed by atoms with Crippen molar-refractivity contribution in [2.45, 2.75) is 18.7 Å². The molecule has 3 N–H and O–H groups in total. The Bertz CT molecular complexity index is 1210. The number of fused-ring (bicyclic) bond motifs is 1. The van der Waals surface area contributed by atoms with Gasteiger partial charge in [0.05, 0.1) is 4.90 Å². The van der Waals surface area contributed by atoms with Gasteiger partial charge in [-0.2, -0.15) is 0 Å². The van der Waals surface area contributed by atoms with Crippen molar-refractivity contribution in [2.75, 3.05) is 14.1 Å². The lowest BCUT2D eigenvalue weighted by Gasteiger charge is -2.12. The molecule has 1 aromatic heterocycles. The third kappa shape index (κ3) is 4.01. The molecule has 2 amide bonds. The van der Waals surface area contributed by atoms with Crippen LogP contribution in [-0.4, -0.2) is 43.6 Å². The number of H-pyrrole nitrogens is 1. The minimum Gasteiger partial charge on any atom is -0.358 e. The number of carbonyl (C=O) groups excluding carboxylic acids is 2. The summed E-state index contributed by atoms with van der Waals surface area (Å²) in [4.78, 5) is 28.0. The van der Waals surface area contributed by atoms with Gasteiger partial charge >= 0.3 is 0 Å². The number of hydrazine groups is 1. The van der Waals surface area contributed by atoms with Crippen LogP contribution in [0.3, 0.4) is 0 Å². The summed E-state index contributed by atoms with van der Waals surface area (Å²) in [5.74, 6) is -1.10. The number of carbonyl (C=O) groups is 2. The third-order valence-electron chi connectivity index (χ3n) is 4.73. The fourth-order valence-electron chi connectivity index (χ4n) is 2.87. The molecule has 0 unspecified atom stereocenters. The van der Waals surface area contributed by atoms with Gasteiger partial charge in [-0.3, -0.25) is 20.4 Å². The molecule has 0 bridgehead atoms. The molecule has 0 fully saturated rings. The van der Waals surface area contributed by atoms with Gasteiger partial charge in [-0.05, 0) is 55.8 Å². The molecule has 0 spiro atoms. The van der Waals surface area contributed by atoms with Crippen molar-refractivity contribution in [3.63, 3.8) is 0 Å². The summed E-state index contributed by atoms with van der Waals surface area (Å²) in [5.41, 5.74) is 8.19. The molecule has 152 valence electrons. The highest BCUT2D eigenvalue weighted by Crippen LogP contribution is 2.22. The fraction of sp³-hybridized carbons (Fsp3) is 0.200. The van der Waals surface area contributed by atoms with E-state index in [4.69, 9.17) is 0 Å². The maximum Gasteiger partial charge on any atom is 0.269 e. The second kappa shape index (κ2) is 7.69. The zero-order valence-corrected chi connectivity index (χ0v) is 17.3. The van der Waals surface area contributed by atoms with Gasteiger partial charge in [0.1, 0.15) is 0 Å². The number of rotatable bonds is 4. The highest BCUT2D eigenvalue weighted by molar-refractivity contribution is 7.89. The number of nitrogens with one attached hydrogen (secondary N) is 3. The molecule has 1 heterocycles. The predicted octanol–water partition coefficient (Wildman–Crippen LogP) is 2.11. The zero-order chi connectivity index (χ0) is 21.3. The average Bonchev–Trinajstić information content (AvgIpc) is 2.99. The number of benzene rings is 2. The van der Waals surface area contributed by atoms with Crippen LogP contribution in [0.5, 0.6) is 0 Å². The van der Waals surface area contributed by atoms with Crippen LogP contribution in [-0.2, 0) is 10.0 Å². The van der Waals surface area contributed by atoms with Crippen LogP contribution in [0, 0.1) is 13.8 Å². The van der Waals surface area contributed by atoms with E-state index in [0.29, 0.717) is 5.56 Å². The first kappa shape index (κ1) is 20.6. The first-order valence-electron chi connectivity index (χ1n) is 8.83. The second-order valence-corrected chi connectivity index (χ2v) is 9.01. The van der Waals surface area contributed by atoms with E-state index in [-0.39, 0.29) is 10.5 Å². The van der Waals surface area contributed by atoms with Crippen molar-refractivity contribution in [3.8, 4) is 0 Å². The van der Waals surface area contributed by atoms with Crippen molar-refractivity contribution >= 4 is 32.7 Å². The first-order chi connectivity index (χ1) is 13.6. The largest absolute Gasteiger partial charge is 0.358 e. The number of aromatic amines is 1. The summed E-state index contributed by atoms with van der Waals surface area (Å²) in [6.07, 6.45) is 0. The molecule has 0 aliphatic rings. The summed E-state index contributed by atoms with van der Waals surface area (Å²) >= 11 is 0. The van der Waals surface area contributed by atoms with Gasteiger partial charge in [-0.15, -0.1) is 0 Å². The minimum absolute atomic E-state index is 0.00905. The Morgan fingerprint density at radius 3 is 2.17 bits per heavy atom. The Morgan fingerprint density at radius 2 is 1.55 bits per heavy atom. The number of aryl methyl sites for hydroxylation is 2. The minimum atomic E-state index is -3.67. The van der Waals surface area contributed by atoms with Crippen molar-refractivity contribution in [1.82, 2.24) is 20.1 Å². The van der Waals surface area contributed by atoms with Crippen molar-refractivity contribution in [2.24, 2.45) is 0 Å². The van der Waals surface area contributed by atoms with Crippen molar-refractivity contribution in [1.29, 1.82) is 0 Å². The number of sulfonamides is 1. The maximum atomic E-state index is 12.4. The van der Waals surface area contributed by atoms with E-state index in [1.165, 1.54) is 38.4 Å². The van der Waals surface area contributed by atoms with Crippen LogP contribution >= 0.6 is 0 Å². The SMILES string of the molecule is Cc1[nH]c2ccc(C(=O)NNC(=O)c3cccc(S(=O)(=O)N(C)C)c3)cc2c1C. The molecule has 3 rings (SSSR count). The summed E-state index contributed by atoms with van der Waals surface area (Å²) in [6, 6.07) is 10.8. The Hall–Kier alpha value is -3.17. The standard InChI is InChI=1S/C20H22N4O4S/c1-12-13(2)21-18-9-8-15(11-17(12)18)20(26)23-22-19(25)14-6-5-7-16(10-14)29(27,28)24(3)4/h5-11,21H,1-4H3,(H,22,25)(H,23,26). The maximum absolute atomic E-state index is 12.4. The molecular weight excluding hydrogens is 392 g/mol. The molecule has 0 atom stereocenters. The fourth-order valence-corrected chi connectivity index (χ4v) is 3.82. The normalized spacial score (nSPS) is 11.6. The molecule has 8 nitrogen and oxygen atoms in total. The van der Waals surface area contributed by atoms with Gasteiger partial charge in [0, 0.05) is 41.8 Å². The molecular formula is C20H22N4O4S. The predicted molar refractivity (Wildman–Crippen MR) is 110 cm³/mol. The number of aromatic nitrogens is 1. The lowest BCUT2D eigenvalue weighted by molar-refractivity contribution is 0.0846. The molecule has 0 aliphatic carbocycles. The van der Waals surface area contributed by atoms with Crippen LogP contribution in [0.1, 0.15) is 32.0 Å². The summed E-state index contributed by atoms with van der Waals surface area (Å²) in [7, 11) is -0.848. The van der Waals surface area contributed by atoms with Crippen LogP contribution < -0.4 is 10.9 Å². The van der Waals surface area contributed by atoms with E-state index in [1.54, 1.807) is 12.1 Å². The van der Waals surface area contributed by atoms with Crippen LogP contribution in [0.2, 0.25) is 0 Å². The Morgan fingerprint density at radius 1 is 0.931 bits per heavy atom. The van der Waals surface area contributed by atoms with Crippen LogP contribution in [0.25, 0.3) is 10.9 Å². The number of nitrogens with zero attached hydrogens (tertiary/aromatic N) is 1. The summed E-state index contributed by atoms with van der Waals surface area (Å²) in [5, 5.41) is 0.933.